The molecule has 0 N–H and O–H groups in total. The summed E-state index contributed by atoms with van der Waals surface area (Å²) < 4.78 is 225. The fraction of sp³-hybridized carbons (Fsp3) is 0.463. The number of sulfonamides is 4. The minimum Gasteiger partial charge on any atom is -0.368 e. The summed E-state index contributed by atoms with van der Waals surface area (Å²) >= 11 is 13.3. The van der Waals surface area contributed by atoms with Gasteiger partial charge in [0.05, 0.1) is 111 Å². The van der Waals surface area contributed by atoms with Crippen LogP contribution in [0.2, 0.25) is 0 Å². The van der Waals surface area contributed by atoms with Crippen molar-refractivity contribution in [1.82, 2.24) is 47.0 Å². The third kappa shape index (κ3) is 35.1. The van der Waals surface area contributed by atoms with Crippen LogP contribution >= 0.6 is 63.7 Å². The Morgan fingerprint density at radius 2 is 0.620 bits per heavy atom. The molecular weight excluding hydrogens is 2290 g/mol. The topological polar surface area (TPSA) is 573 Å². The van der Waals surface area contributed by atoms with Crippen molar-refractivity contribution in [1.29, 1.82) is 0 Å². The van der Waals surface area contributed by atoms with E-state index in [4.69, 9.17) is 16.7 Å². The Hall–Kier alpha value is -9.00. The quantitative estimate of drug-likeness (QED) is 0.0166. The Morgan fingerprint density at radius 1 is 0.324 bits per heavy atom. The highest BCUT2D eigenvalue weighted by Gasteiger charge is 2.40. The zero-order valence-corrected chi connectivity index (χ0v) is 90.2. The van der Waals surface area contributed by atoms with E-state index < -0.39 is 100 Å². The van der Waals surface area contributed by atoms with Crippen molar-refractivity contribution in [3.05, 3.63) is 222 Å². The molecular formula is C82H108Br4N20O28S8. The summed E-state index contributed by atoms with van der Waals surface area (Å²) in [6.07, 6.45) is 13.9. The van der Waals surface area contributed by atoms with Crippen LogP contribution < -0.4 is 29.4 Å². The number of nitro benzene ring substituents is 4. The monoisotopic (exact) mass is 2390 g/mol. The Bertz CT molecular complexity index is 6160. The molecule has 0 radical (unpaired) electrons. The largest absolute Gasteiger partial charge is 0.368 e. The van der Waals surface area contributed by atoms with Gasteiger partial charge in [0.15, 0.2) is 0 Å². The van der Waals surface area contributed by atoms with Crippen LogP contribution in [0, 0.1) is 40.5 Å². The van der Waals surface area contributed by atoms with Crippen LogP contribution in [0.4, 0.5) is 57.0 Å². The average Bonchev–Trinajstić information content (AvgIpc) is 0.782. The van der Waals surface area contributed by atoms with Gasteiger partial charge in [-0.15, -0.1) is 0 Å². The number of benzene rings is 4. The van der Waals surface area contributed by atoms with Crippen LogP contribution in [0.1, 0.15) is 11.3 Å². The zero-order chi connectivity index (χ0) is 104. The molecule has 142 heavy (non-hydrogen) atoms. The molecule has 0 amide bonds. The van der Waals surface area contributed by atoms with E-state index in [0.29, 0.717) is 113 Å². The van der Waals surface area contributed by atoms with Crippen LogP contribution in [0.5, 0.6) is 0 Å². The number of nitrogens with zero attached hydrogens (tertiary/aromatic N) is 20. The van der Waals surface area contributed by atoms with Gasteiger partial charge in [-0.05, 0) is 72.3 Å². The number of pyridine rings is 4. The predicted molar refractivity (Wildman–Crippen MR) is 547 cm³/mol. The zero-order valence-electron chi connectivity index (χ0n) is 77.4. The second kappa shape index (κ2) is 53.9. The van der Waals surface area contributed by atoms with Crippen LogP contribution in [0.3, 0.4) is 0 Å². The number of hydrogen-bond donors (Lipinski definition) is 0. The molecule has 4 aromatic heterocycles. The molecule has 0 spiro atoms. The second-order valence-corrected chi connectivity index (χ2v) is 49.0. The summed E-state index contributed by atoms with van der Waals surface area (Å²) in [6, 6.07) is 33.3. The minimum atomic E-state index is -4.11. The van der Waals surface area contributed by atoms with Crippen LogP contribution in [-0.4, -0.2) is 364 Å². The number of alkyl halides is 4. The fourth-order valence-electron chi connectivity index (χ4n) is 15.1. The summed E-state index contributed by atoms with van der Waals surface area (Å²) in [4.78, 5) is 73.9. The third-order valence-electron chi connectivity index (χ3n) is 21.9. The van der Waals surface area contributed by atoms with Gasteiger partial charge in [0.1, 0.15) is 25.4 Å². The average molecular weight is 2400 g/mol. The number of piperazine rings is 4. The van der Waals surface area contributed by atoms with Crippen LogP contribution in [-0.2, 0) is 110 Å². The lowest BCUT2D eigenvalue weighted by Crippen LogP contribution is -2.49. The predicted octanol–water partition coefficient (Wildman–Crippen LogP) is 6.70. The van der Waals surface area contributed by atoms with Crippen molar-refractivity contribution in [2.75, 3.05) is 259 Å². The molecule has 4 aromatic carbocycles. The molecule has 8 heterocycles. The molecule has 4 saturated heterocycles. The third-order valence-corrected chi connectivity index (χ3v) is 33.4. The second-order valence-electron chi connectivity index (χ2n) is 31.7. The number of halogens is 4. The highest BCUT2D eigenvalue weighted by atomic mass is 79.9. The summed E-state index contributed by atoms with van der Waals surface area (Å²) in [7, 11) is -31.1. The molecule has 8 aromatic rings. The molecule has 0 bridgehead atoms. The van der Waals surface area contributed by atoms with Gasteiger partial charge in [0.2, 0.25) is 40.1 Å². The Kier molecular flexibility index (Phi) is 44.2. The summed E-state index contributed by atoms with van der Waals surface area (Å²) in [5.74, 6) is 0.745. The first-order chi connectivity index (χ1) is 67.1. The van der Waals surface area contributed by atoms with Crippen molar-refractivity contribution >= 4 is 201 Å². The minimum absolute atomic E-state index is 0.0620. The van der Waals surface area contributed by atoms with E-state index >= 15 is 0 Å². The van der Waals surface area contributed by atoms with Crippen molar-refractivity contribution in [3.8, 4) is 0 Å². The highest BCUT2D eigenvalue weighted by Crippen LogP contribution is 2.39. The molecule has 0 saturated carbocycles. The Balaban J connectivity index is 0.000000211. The van der Waals surface area contributed by atoms with Crippen molar-refractivity contribution in [3.63, 3.8) is 0 Å². The summed E-state index contributed by atoms with van der Waals surface area (Å²) in [5, 5.41) is 47.5. The number of anilines is 6. The molecule has 4 aliphatic heterocycles. The van der Waals surface area contributed by atoms with Gasteiger partial charge in [0, 0.05) is 271 Å². The van der Waals surface area contributed by atoms with Crippen LogP contribution in [0.15, 0.2) is 190 Å². The molecule has 48 nitrogen and oxygen atoms in total. The molecule has 12 rings (SSSR count). The highest BCUT2D eigenvalue weighted by molar-refractivity contribution is 9.09. The van der Waals surface area contributed by atoms with Crippen molar-refractivity contribution in [2.45, 2.75) is 32.7 Å². The fourth-order valence-corrected chi connectivity index (χ4v) is 24.9. The Labute approximate surface area is 859 Å². The van der Waals surface area contributed by atoms with E-state index in [9.17, 15) is 108 Å². The molecule has 0 aliphatic carbocycles. The lowest BCUT2D eigenvalue weighted by molar-refractivity contribution is -0.385. The maximum Gasteiger partial charge on any atom is 0.270 e. The summed E-state index contributed by atoms with van der Waals surface area (Å²) in [6.45, 7) is 7.22. The Morgan fingerprint density at radius 3 is 0.887 bits per heavy atom. The van der Waals surface area contributed by atoms with Crippen molar-refractivity contribution in [2.24, 2.45) is 0 Å². The smallest absolute Gasteiger partial charge is 0.270 e. The molecule has 4 aliphatic rings. The summed E-state index contributed by atoms with van der Waals surface area (Å²) in [5.41, 5.74) is 2.35. The normalized spacial score (nSPS) is 15.4. The van der Waals surface area contributed by atoms with Gasteiger partial charge >= 0.3 is 0 Å². The van der Waals surface area contributed by atoms with Gasteiger partial charge in [-0.1, -0.05) is 81.9 Å². The maximum absolute atomic E-state index is 13.7. The maximum atomic E-state index is 13.7. The lowest BCUT2D eigenvalue weighted by atomic mass is 10.2. The van der Waals surface area contributed by atoms with Gasteiger partial charge in [0.25, 0.3) is 63.2 Å². The number of aromatic nitrogens is 4. The molecule has 0 unspecified atom stereocenters. The van der Waals surface area contributed by atoms with E-state index in [-0.39, 0.29) is 170 Å². The number of nitro groups is 4. The van der Waals surface area contributed by atoms with Gasteiger partial charge in [-0.25, -0.2) is 38.7 Å². The van der Waals surface area contributed by atoms with E-state index in [1.165, 1.54) is 65.8 Å². The van der Waals surface area contributed by atoms with Gasteiger partial charge in [-0.2, -0.15) is 50.9 Å². The molecule has 60 heteroatoms. The van der Waals surface area contributed by atoms with Gasteiger partial charge < -0.3 is 29.4 Å². The first-order valence-electron chi connectivity index (χ1n) is 43.4. The van der Waals surface area contributed by atoms with Crippen LogP contribution in [0.25, 0.3) is 0 Å². The number of hydrogen-bond acceptors (Lipinski definition) is 40. The van der Waals surface area contributed by atoms with E-state index in [2.05, 4.69) is 93.5 Å². The number of non-ortho nitro benzene ring substituents is 4. The SMILES string of the molecule is CS(=O)(=O)OCCN(CCBr)c1ccc([N+](=O)[O-])cc1S(=O)(=O)N1CCN(Cc2ccccn2)CC1.CS(=O)(=O)OCCN(CCBr)c1ccc([N+](=O)[O-])cc1S(=O)(=O)N1CCN(Cc2cccnc2)CC1.CS(=O)(=O)OCCN(CCBr)c1ccc([N+](=O)[O-])cc1S(=O)(=O)N1CCN(c2ccccn2)CC1.CS(=O)(=O)OCCN(CCBr)c1ccc([N+](=O)[O-])cc1S(=O)(=O)N1CCN(c2cccnc2)CC1. The first-order valence-corrected chi connectivity index (χ1v) is 60.9. The first kappa shape index (κ1) is 117. The standard InChI is InChI=1S/2C21H28BrN5O7S2.2C20H26BrN5O7S2/c1-35(30,31)34-14-13-25(8-6-22)20-5-4-19(27(28)29)15-21(20)36(32,33)26-11-9-24(10-12-26)17-18-3-2-7-23-16-18;1-35(30,31)34-15-14-25(9-7-22)20-6-5-19(27(28)29)16-21(20)36(32,33)26-12-10-24(11-13-26)17-18-4-2-3-8-23-18;1-34(29,30)33-14-13-24(8-6-21)19-5-4-17(26(27)28)15-20(19)35(31,32)25-11-9-23(10-12-25)18-3-2-7-22-16-18;1-34(29,30)33-15-14-23(9-7-21)18-6-5-17(26(27)28)16-19(18)35(31,32)25-12-10-24(11-13-25)20-4-2-3-8-22-20/h2-5,7,15-16H,6,8-14,17H2,1H3;2-6,8,16H,7,9-15,17H2,1H3;2-5,7,15-16H,6,8-14H2,1H3;2-6,8,16H,7,9-15H2,1H3. The molecule has 0 atom stereocenters. The van der Waals surface area contributed by atoms with Crippen molar-refractivity contribution < 1.29 is 104 Å². The van der Waals surface area contributed by atoms with Gasteiger partial charge in [-0.3, -0.25) is 81.9 Å². The number of rotatable bonds is 46. The van der Waals surface area contributed by atoms with E-state index in [0.717, 1.165) is 72.1 Å². The lowest BCUT2D eigenvalue weighted by Gasteiger charge is -2.36. The van der Waals surface area contributed by atoms with E-state index in [1.807, 2.05) is 58.3 Å². The van der Waals surface area contributed by atoms with E-state index in [1.54, 1.807) is 68.9 Å². The molecule has 780 valence electrons. The molecule has 4 fully saturated rings.